The molecule has 0 spiro atoms. The maximum atomic E-state index is 12.0. The van der Waals surface area contributed by atoms with Crippen LogP contribution in [0.5, 0.6) is 17.2 Å². The molecule has 8 heteroatoms. The lowest BCUT2D eigenvalue weighted by atomic mass is 10.1. The molecule has 4 aromatic rings. The first-order valence-corrected chi connectivity index (χ1v) is 16.6. The summed E-state index contributed by atoms with van der Waals surface area (Å²) in [4.78, 5) is 2.25. The molecule has 4 aromatic carbocycles. The van der Waals surface area contributed by atoms with Crippen LogP contribution in [-0.4, -0.2) is 33.5 Å². The molecule has 1 N–H and O–H groups in total. The molecular formula is C35H42N2O5S. The molecule has 0 radical (unpaired) electrons. The largest absolute Gasteiger partial charge is 0.488 e. The van der Waals surface area contributed by atoms with Gasteiger partial charge in [-0.15, -0.1) is 0 Å². The van der Waals surface area contributed by atoms with Gasteiger partial charge >= 0.3 is 0 Å². The van der Waals surface area contributed by atoms with Crippen molar-refractivity contribution in [3.8, 4) is 17.2 Å². The van der Waals surface area contributed by atoms with E-state index in [1.807, 2.05) is 87.5 Å². The van der Waals surface area contributed by atoms with Gasteiger partial charge in [0.15, 0.2) is 0 Å². The minimum Gasteiger partial charge on any atom is -0.488 e. The minimum atomic E-state index is -3.40. The summed E-state index contributed by atoms with van der Waals surface area (Å²) in [6.07, 6.45) is 2.00. The lowest BCUT2D eigenvalue weighted by Crippen LogP contribution is -2.30. The summed E-state index contributed by atoms with van der Waals surface area (Å²) in [5.74, 6) is 2.15. The Morgan fingerprint density at radius 1 is 0.791 bits per heavy atom. The van der Waals surface area contributed by atoms with Crippen LogP contribution in [0.4, 0.5) is 11.4 Å². The lowest BCUT2D eigenvalue weighted by molar-refractivity contribution is -0.0147. The van der Waals surface area contributed by atoms with Gasteiger partial charge in [-0.05, 0) is 80.3 Å². The number of ether oxygens (including phenoxy) is 3. The summed E-state index contributed by atoms with van der Waals surface area (Å²) in [6.45, 7) is 9.99. The SMILES string of the molecule is CCOC(CC)C(C)Oc1cccc(Oc2ccc(CN(Cc3ccccc3)c3cccc(NS(C)(=O)=O)c3C)cc2)c1. The van der Waals surface area contributed by atoms with Crippen LogP contribution in [0.2, 0.25) is 0 Å². The second-order valence-corrected chi connectivity index (χ2v) is 12.4. The molecule has 0 saturated carbocycles. The minimum absolute atomic E-state index is 0.0331. The van der Waals surface area contributed by atoms with Gasteiger partial charge < -0.3 is 19.1 Å². The quantitative estimate of drug-likeness (QED) is 0.149. The van der Waals surface area contributed by atoms with E-state index in [-0.39, 0.29) is 12.2 Å². The maximum absolute atomic E-state index is 12.0. The van der Waals surface area contributed by atoms with Crippen molar-refractivity contribution >= 4 is 21.4 Å². The fourth-order valence-electron chi connectivity index (χ4n) is 5.03. The molecule has 0 fully saturated rings. The monoisotopic (exact) mass is 602 g/mol. The van der Waals surface area contributed by atoms with Crippen LogP contribution >= 0.6 is 0 Å². The molecule has 0 aromatic heterocycles. The van der Waals surface area contributed by atoms with Gasteiger partial charge in [-0.1, -0.05) is 61.5 Å². The van der Waals surface area contributed by atoms with Gasteiger partial charge in [-0.2, -0.15) is 0 Å². The number of hydrogen-bond donors (Lipinski definition) is 1. The fourth-order valence-corrected chi connectivity index (χ4v) is 5.65. The Labute approximate surface area is 256 Å². The Kier molecular flexibility index (Phi) is 11.1. The molecule has 0 aliphatic rings. The van der Waals surface area contributed by atoms with E-state index in [1.54, 1.807) is 6.07 Å². The number of hydrogen-bond acceptors (Lipinski definition) is 6. The number of benzene rings is 4. The summed E-state index contributed by atoms with van der Waals surface area (Å²) in [6, 6.07) is 31.6. The molecular weight excluding hydrogens is 560 g/mol. The zero-order chi connectivity index (χ0) is 30.8. The van der Waals surface area contributed by atoms with Crippen LogP contribution in [0.15, 0.2) is 97.1 Å². The molecule has 0 heterocycles. The summed E-state index contributed by atoms with van der Waals surface area (Å²) in [7, 11) is -3.40. The fraction of sp³-hybridized carbons (Fsp3) is 0.314. The van der Waals surface area contributed by atoms with Crippen molar-refractivity contribution in [3.05, 3.63) is 114 Å². The summed E-state index contributed by atoms with van der Waals surface area (Å²) in [5, 5.41) is 0. The third-order valence-electron chi connectivity index (χ3n) is 7.12. The molecule has 0 bridgehead atoms. The van der Waals surface area contributed by atoms with Gasteiger partial charge in [0.25, 0.3) is 0 Å². The van der Waals surface area contributed by atoms with E-state index in [9.17, 15) is 8.42 Å². The second-order valence-electron chi connectivity index (χ2n) is 10.6. The number of anilines is 2. The first kappa shape index (κ1) is 31.9. The van der Waals surface area contributed by atoms with E-state index >= 15 is 0 Å². The summed E-state index contributed by atoms with van der Waals surface area (Å²) in [5.41, 5.74) is 4.65. The number of nitrogens with one attached hydrogen (secondary N) is 1. The predicted octanol–water partition coefficient (Wildman–Crippen LogP) is 7.95. The second kappa shape index (κ2) is 14.9. The van der Waals surface area contributed by atoms with Gasteiger partial charge in [0.05, 0.1) is 18.0 Å². The Bertz CT molecular complexity index is 1560. The lowest BCUT2D eigenvalue weighted by Gasteiger charge is -2.28. The predicted molar refractivity (Wildman–Crippen MR) is 175 cm³/mol. The summed E-state index contributed by atoms with van der Waals surface area (Å²) < 4.78 is 44.7. The highest BCUT2D eigenvalue weighted by Gasteiger charge is 2.18. The van der Waals surface area contributed by atoms with Crippen molar-refractivity contribution in [1.29, 1.82) is 0 Å². The zero-order valence-electron chi connectivity index (χ0n) is 25.6. The molecule has 0 saturated heterocycles. The normalized spacial score (nSPS) is 12.8. The Balaban J connectivity index is 1.50. The molecule has 4 rings (SSSR count). The van der Waals surface area contributed by atoms with Crippen molar-refractivity contribution in [3.63, 3.8) is 0 Å². The van der Waals surface area contributed by atoms with Gasteiger partial charge in [0, 0.05) is 31.5 Å². The summed E-state index contributed by atoms with van der Waals surface area (Å²) >= 11 is 0. The molecule has 7 nitrogen and oxygen atoms in total. The number of rotatable bonds is 15. The number of nitrogens with zero attached hydrogens (tertiary/aromatic N) is 1. The van der Waals surface area contributed by atoms with E-state index in [1.165, 1.54) is 6.26 Å². The zero-order valence-corrected chi connectivity index (χ0v) is 26.4. The highest BCUT2D eigenvalue weighted by Crippen LogP contribution is 2.31. The van der Waals surface area contributed by atoms with Crippen molar-refractivity contribution < 1.29 is 22.6 Å². The molecule has 0 aliphatic carbocycles. The van der Waals surface area contributed by atoms with Crippen LogP contribution in [-0.2, 0) is 27.8 Å². The van der Waals surface area contributed by atoms with Crippen molar-refractivity contribution in [2.24, 2.45) is 0 Å². The molecule has 43 heavy (non-hydrogen) atoms. The van der Waals surface area contributed by atoms with Crippen LogP contribution in [0.25, 0.3) is 0 Å². The van der Waals surface area contributed by atoms with Crippen molar-refractivity contribution in [2.45, 2.75) is 59.4 Å². The van der Waals surface area contributed by atoms with Gasteiger partial charge in [-0.25, -0.2) is 8.42 Å². The standard InChI is InChI=1S/C35H42N2O5S/c1-6-35(40-7-2)27(4)41-31-15-11-16-32(23-31)42-30-21-19-29(20-22-30)25-37(24-28-13-9-8-10-14-28)34-18-12-17-33(26(34)3)36-43(5,38)39/h8-23,27,35-36H,6-7,24-25H2,1-5H3. The molecule has 228 valence electrons. The van der Waals surface area contributed by atoms with E-state index in [4.69, 9.17) is 14.2 Å². The van der Waals surface area contributed by atoms with E-state index < -0.39 is 10.0 Å². The van der Waals surface area contributed by atoms with E-state index in [0.29, 0.717) is 31.1 Å². The topological polar surface area (TPSA) is 77.1 Å². The molecule has 2 atom stereocenters. The first-order chi connectivity index (χ1) is 20.6. The number of sulfonamides is 1. The molecule has 0 aliphatic heterocycles. The molecule has 2 unspecified atom stereocenters. The first-order valence-electron chi connectivity index (χ1n) is 14.7. The Morgan fingerprint density at radius 2 is 1.44 bits per heavy atom. The average molecular weight is 603 g/mol. The van der Waals surface area contributed by atoms with Crippen molar-refractivity contribution in [2.75, 3.05) is 22.5 Å². The van der Waals surface area contributed by atoms with Crippen LogP contribution in [0, 0.1) is 6.92 Å². The van der Waals surface area contributed by atoms with Crippen LogP contribution in [0.3, 0.4) is 0 Å². The van der Waals surface area contributed by atoms with Crippen molar-refractivity contribution in [1.82, 2.24) is 0 Å². The smallest absolute Gasteiger partial charge is 0.229 e. The third-order valence-corrected chi connectivity index (χ3v) is 7.71. The highest BCUT2D eigenvalue weighted by atomic mass is 32.2. The van der Waals surface area contributed by atoms with Crippen LogP contribution < -0.4 is 19.1 Å². The van der Waals surface area contributed by atoms with Crippen LogP contribution in [0.1, 0.15) is 43.9 Å². The Hall–Kier alpha value is -4.01. The third kappa shape index (κ3) is 9.49. The Morgan fingerprint density at radius 3 is 2.09 bits per heavy atom. The van der Waals surface area contributed by atoms with E-state index in [2.05, 4.69) is 40.8 Å². The van der Waals surface area contributed by atoms with Gasteiger partial charge in [0.1, 0.15) is 23.4 Å². The van der Waals surface area contributed by atoms with Gasteiger partial charge in [0.2, 0.25) is 10.0 Å². The molecule has 0 amide bonds. The van der Waals surface area contributed by atoms with Gasteiger partial charge in [-0.3, -0.25) is 4.72 Å². The van der Waals surface area contributed by atoms with E-state index in [0.717, 1.165) is 40.3 Å². The maximum Gasteiger partial charge on any atom is 0.229 e. The average Bonchev–Trinajstić information content (AvgIpc) is 2.97. The highest BCUT2D eigenvalue weighted by molar-refractivity contribution is 7.92.